The predicted octanol–water partition coefficient (Wildman–Crippen LogP) is 0.309. The van der Waals surface area contributed by atoms with Crippen LogP contribution in [-0.2, 0) is 0 Å². The molecule has 1 fully saturated rings. The van der Waals surface area contributed by atoms with Crippen LogP contribution in [0.15, 0.2) is 11.1 Å². The molecule has 1 aliphatic heterocycles. The molecule has 0 amide bonds. The smallest absolute Gasteiger partial charge is 0.295 e. The van der Waals surface area contributed by atoms with Gasteiger partial charge in [-0.25, -0.2) is 4.98 Å². The van der Waals surface area contributed by atoms with E-state index in [2.05, 4.69) is 33.6 Å². The molecule has 1 N–H and O–H groups in total. The van der Waals surface area contributed by atoms with Gasteiger partial charge in [0.2, 0.25) is 5.75 Å². The number of aromatic amines is 1. The summed E-state index contributed by atoms with van der Waals surface area (Å²) in [5.74, 6) is 0.945. The van der Waals surface area contributed by atoms with Gasteiger partial charge < -0.3 is 14.6 Å². The van der Waals surface area contributed by atoms with Crippen molar-refractivity contribution in [3.8, 4) is 5.75 Å². The predicted molar refractivity (Wildman–Crippen MR) is 70.3 cm³/mol. The molecule has 1 saturated heterocycles. The van der Waals surface area contributed by atoms with Gasteiger partial charge in [0.1, 0.15) is 0 Å². The van der Waals surface area contributed by atoms with Gasteiger partial charge in [-0.05, 0) is 13.8 Å². The van der Waals surface area contributed by atoms with Crippen molar-refractivity contribution in [1.29, 1.82) is 0 Å². The minimum atomic E-state index is -0.228. The number of piperazine rings is 1. The Bertz CT molecular complexity index is 450. The lowest BCUT2D eigenvalue weighted by molar-refractivity contribution is 0.208. The van der Waals surface area contributed by atoms with Gasteiger partial charge in [-0.1, -0.05) is 0 Å². The zero-order chi connectivity index (χ0) is 13.1. The van der Waals surface area contributed by atoms with Gasteiger partial charge in [0.05, 0.1) is 13.4 Å². The van der Waals surface area contributed by atoms with Crippen molar-refractivity contribution in [2.75, 3.05) is 38.2 Å². The Labute approximate surface area is 107 Å². The number of methoxy groups -OCH3 is 1. The van der Waals surface area contributed by atoms with Crippen molar-refractivity contribution in [2.45, 2.75) is 19.9 Å². The minimum absolute atomic E-state index is 0.228. The fourth-order valence-corrected chi connectivity index (χ4v) is 2.24. The number of aromatic nitrogens is 2. The molecule has 100 valence electrons. The maximum atomic E-state index is 11.6. The Morgan fingerprint density at radius 3 is 2.56 bits per heavy atom. The first-order valence-electron chi connectivity index (χ1n) is 6.24. The van der Waals surface area contributed by atoms with E-state index in [1.807, 2.05) is 0 Å². The Kier molecular flexibility index (Phi) is 3.86. The van der Waals surface area contributed by atoms with Crippen molar-refractivity contribution in [3.05, 3.63) is 16.7 Å². The molecule has 0 radical (unpaired) electrons. The molecular formula is C12H20N4O2. The molecule has 0 bridgehead atoms. The second-order valence-corrected chi connectivity index (χ2v) is 4.71. The van der Waals surface area contributed by atoms with Gasteiger partial charge in [-0.15, -0.1) is 0 Å². The van der Waals surface area contributed by atoms with Crippen LogP contribution < -0.4 is 15.2 Å². The lowest BCUT2D eigenvalue weighted by Gasteiger charge is -2.37. The molecule has 1 aromatic rings. The van der Waals surface area contributed by atoms with Crippen LogP contribution in [0.3, 0.4) is 0 Å². The SMILES string of the molecule is COc1c(N2CCN(C(C)C)CC2)nc[nH]c1=O. The summed E-state index contributed by atoms with van der Waals surface area (Å²) in [6.07, 6.45) is 1.43. The van der Waals surface area contributed by atoms with Gasteiger partial charge in [0, 0.05) is 32.2 Å². The third-order valence-corrected chi connectivity index (χ3v) is 3.34. The number of hydrogen-bond acceptors (Lipinski definition) is 5. The highest BCUT2D eigenvalue weighted by Crippen LogP contribution is 2.21. The highest BCUT2D eigenvalue weighted by molar-refractivity contribution is 5.51. The Hall–Kier alpha value is -1.56. The van der Waals surface area contributed by atoms with Crippen molar-refractivity contribution in [3.63, 3.8) is 0 Å². The molecule has 6 heteroatoms. The highest BCUT2D eigenvalue weighted by Gasteiger charge is 2.23. The van der Waals surface area contributed by atoms with Crippen molar-refractivity contribution in [2.24, 2.45) is 0 Å². The Balaban J connectivity index is 2.15. The third kappa shape index (κ3) is 2.48. The van der Waals surface area contributed by atoms with E-state index in [9.17, 15) is 4.79 Å². The van der Waals surface area contributed by atoms with E-state index >= 15 is 0 Å². The van der Waals surface area contributed by atoms with Crippen LogP contribution in [0.4, 0.5) is 5.82 Å². The largest absolute Gasteiger partial charge is 0.489 e. The maximum absolute atomic E-state index is 11.6. The Morgan fingerprint density at radius 1 is 1.33 bits per heavy atom. The van der Waals surface area contributed by atoms with E-state index in [4.69, 9.17) is 4.74 Å². The average molecular weight is 252 g/mol. The highest BCUT2D eigenvalue weighted by atomic mass is 16.5. The second-order valence-electron chi connectivity index (χ2n) is 4.71. The van der Waals surface area contributed by atoms with Gasteiger partial charge in [-0.3, -0.25) is 9.69 Å². The molecule has 0 aromatic carbocycles. The number of nitrogens with one attached hydrogen (secondary N) is 1. The molecule has 1 aliphatic rings. The Morgan fingerprint density at radius 2 is 2.00 bits per heavy atom. The van der Waals surface area contributed by atoms with E-state index in [1.54, 1.807) is 0 Å². The van der Waals surface area contributed by atoms with Gasteiger partial charge in [0.15, 0.2) is 5.82 Å². The topological polar surface area (TPSA) is 61.5 Å². The number of nitrogens with zero attached hydrogens (tertiary/aromatic N) is 3. The normalized spacial score (nSPS) is 17.2. The van der Waals surface area contributed by atoms with Crippen LogP contribution in [0.5, 0.6) is 5.75 Å². The maximum Gasteiger partial charge on any atom is 0.295 e. The molecule has 0 atom stereocenters. The number of hydrogen-bond donors (Lipinski definition) is 1. The molecule has 18 heavy (non-hydrogen) atoms. The first-order valence-corrected chi connectivity index (χ1v) is 6.24. The van der Waals surface area contributed by atoms with Crippen LogP contribution >= 0.6 is 0 Å². The van der Waals surface area contributed by atoms with E-state index < -0.39 is 0 Å². The standard InChI is InChI=1S/C12H20N4O2/c1-9(2)15-4-6-16(7-5-15)11-10(18-3)12(17)14-8-13-11/h8-9H,4-7H2,1-3H3,(H,13,14,17). The molecule has 0 spiro atoms. The molecule has 1 aromatic heterocycles. The fourth-order valence-electron chi connectivity index (χ4n) is 2.24. The van der Waals surface area contributed by atoms with Crippen LogP contribution in [0.25, 0.3) is 0 Å². The number of anilines is 1. The van der Waals surface area contributed by atoms with Crippen LogP contribution in [-0.4, -0.2) is 54.2 Å². The van der Waals surface area contributed by atoms with Gasteiger partial charge in [-0.2, -0.15) is 0 Å². The molecule has 6 nitrogen and oxygen atoms in total. The fraction of sp³-hybridized carbons (Fsp3) is 0.667. The average Bonchev–Trinajstić information content (AvgIpc) is 2.38. The van der Waals surface area contributed by atoms with Gasteiger partial charge in [0.25, 0.3) is 5.56 Å². The quantitative estimate of drug-likeness (QED) is 0.839. The summed E-state index contributed by atoms with van der Waals surface area (Å²) >= 11 is 0. The van der Waals surface area contributed by atoms with Crippen LogP contribution in [0, 0.1) is 0 Å². The van der Waals surface area contributed by atoms with Crippen molar-refractivity contribution < 1.29 is 4.74 Å². The molecular weight excluding hydrogens is 232 g/mol. The summed E-state index contributed by atoms with van der Waals surface area (Å²) < 4.78 is 5.14. The summed E-state index contributed by atoms with van der Waals surface area (Å²) in [6.45, 7) is 8.09. The van der Waals surface area contributed by atoms with E-state index in [0.29, 0.717) is 17.6 Å². The summed E-state index contributed by atoms with van der Waals surface area (Å²) in [5, 5.41) is 0. The van der Waals surface area contributed by atoms with Gasteiger partial charge >= 0.3 is 0 Å². The van der Waals surface area contributed by atoms with Crippen molar-refractivity contribution in [1.82, 2.24) is 14.9 Å². The summed E-state index contributed by atoms with van der Waals surface area (Å²) in [5.41, 5.74) is -0.228. The van der Waals surface area contributed by atoms with E-state index in [0.717, 1.165) is 26.2 Å². The molecule has 2 heterocycles. The number of rotatable bonds is 3. The summed E-state index contributed by atoms with van der Waals surface area (Å²) in [4.78, 5) is 22.9. The lowest BCUT2D eigenvalue weighted by atomic mass is 10.2. The summed E-state index contributed by atoms with van der Waals surface area (Å²) in [7, 11) is 1.50. The zero-order valence-corrected chi connectivity index (χ0v) is 11.1. The first kappa shape index (κ1) is 12.9. The van der Waals surface area contributed by atoms with E-state index in [-0.39, 0.29) is 5.56 Å². The molecule has 2 rings (SSSR count). The van der Waals surface area contributed by atoms with E-state index in [1.165, 1.54) is 13.4 Å². The molecule has 0 aliphatic carbocycles. The second kappa shape index (κ2) is 5.39. The zero-order valence-electron chi connectivity index (χ0n) is 11.1. The number of H-pyrrole nitrogens is 1. The van der Waals surface area contributed by atoms with Crippen molar-refractivity contribution >= 4 is 5.82 Å². The third-order valence-electron chi connectivity index (χ3n) is 3.34. The molecule has 0 saturated carbocycles. The lowest BCUT2D eigenvalue weighted by Crippen LogP contribution is -2.49. The summed E-state index contributed by atoms with van der Waals surface area (Å²) in [6, 6.07) is 0.557. The number of ether oxygens (including phenoxy) is 1. The monoisotopic (exact) mass is 252 g/mol. The first-order chi connectivity index (χ1) is 8.63. The minimum Gasteiger partial charge on any atom is -0.489 e. The molecule has 0 unspecified atom stereocenters. The van der Waals surface area contributed by atoms with Crippen LogP contribution in [0.1, 0.15) is 13.8 Å². The van der Waals surface area contributed by atoms with Crippen LogP contribution in [0.2, 0.25) is 0 Å².